The highest BCUT2D eigenvalue weighted by Crippen LogP contribution is 2.41. The molecule has 0 aromatic heterocycles. The van der Waals surface area contributed by atoms with Crippen LogP contribution in [-0.2, 0) is 4.79 Å². The first-order chi connectivity index (χ1) is 16.6. The molecule has 0 bridgehead atoms. The zero-order valence-corrected chi connectivity index (χ0v) is 21.3. The van der Waals surface area contributed by atoms with Gasteiger partial charge >= 0.3 is 0 Å². The predicted molar refractivity (Wildman–Crippen MR) is 143 cm³/mol. The third-order valence-electron chi connectivity index (χ3n) is 6.66. The molecule has 0 saturated heterocycles. The predicted octanol–water partition coefficient (Wildman–Crippen LogP) is 7.09. The molecule has 5 heteroatoms. The molecule has 0 heterocycles. The molecule has 0 spiro atoms. The van der Waals surface area contributed by atoms with Crippen LogP contribution in [0.4, 0.5) is 0 Å². The molecule has 0 radical (unpaired) electrons. The van der Waals surface area contributed by atoms with Crippen molar-refractivity contribution in [2.75, 3.05) is 26.2 Å². The zero-order valence-electron chi connectivity index (χ0n) is 20.5. The summed E-state index contributed by atoms with van der Waals surface area (Å²) in [5.74, 6) is 2.03. The van der Waals surface area contributed by atoms with Crippen molar-refractivity contribution in [1.82, 2.24) is 4.90 Å². The second-order valence-electron chi connectivity index (χ2n) is 8.64. The number of methoxy groups -OCH3 is 2. The maximum atomic E-state index is 13.6. The molecule has 0 unspecified atom stereocenters. The quantitative estimate of drug-likeness (QED) is 0.348. The van der Waals surface area contributed by atoms with E-state index < -0.39 is 0 Å². The summed E-state index contributed by atoms with van der Waals surface area (Å²) in [6, 6.07) is 20.8. The smallest absolute Gasteiger partial charge is 0.237 e. The van der Waals surface area contributed by atoms with Crippen molar-refractivity contribution >= 4 is 34.0 Å². The largest absolute Gasteiger partial charge is 0.493 e. The molecule has 1 aliphatic carbocycles. The number of allylic oxidation sites excluding steroid dienone is 2. The van der Waals surface area contributed by atoms with E-state index in [1.54, 1.807) is 26.0 Å². The number of rotatable bonds is 8. The monoisotopic (exact) mass is 475 g/mol. The molecule has 0 saturated carbocycles. The first-order valence-corrected chi connectivity index (χ1v) is 13.2. The summed E-state index contributed by atoms with van der Waals surface area (Å²) in [6.07, 6.45) is 6.01. The van der Waals surface area contributed by atoms with Crippen molar-refractivity contribution in [2.24, 2.45) is 0 Å². The molecule has 34 heavy (non-hydrogen) atoms. The van der Waals surface area contributed by atoms with E-state index in [4.69, 9.17) is 9.47 Å². The van der Waals surface area contributed by atoms with Gasteiger partial charge in [-0.15, -0.1) is 0 Å². The van der Waals surface area contributed by atoms with Gasteiger partial charge in [0, 0.05) is 5.70 Å². The Labute approximate surface area is 206 Å². The van der Waals surface area contributed by atoms with E-state index in [2.05, 4.69) is 60.4 Å². The zero-order chi connectivity index (χ0) is 24.1. The molecular formula is C29H33NO3S. The van der Waals surface area contributed by atoms with Crippen LogP contribution in [0.25, 0.3) is 16.3 Å². The van der Waals surface area contributed by atoms with Crippen LogP contribution in [0.2, 0.25) is 0 Å². The van der Waals surface area contributed by atoms with Gasteiger partial charge in [-0.25, -0.2) is 0 Å². The number of hydrogen-bond acceptors (Lipinski definition) is 4. The van der Waals surface area contributed by atoms with E-state index in [9.17, 15) is 4.79 Å². The number of carbonyl (C=O) groups excluding carboxylic acids is 1. The summed E-state index contributed by atoms with van der Waals surface area (Å²) in [6.45, 7) is 2.16. The number of carbonyl (C=O) groups is 1. The Morgan fingerprint density at radius 1 is 0.971 bits per heavy atom. The van der Waals surface area contributed by atoms with Crippen LogP contribution in [0.5, 0.6) is 11.5 Å². The third-order valence-corrected chi connectivity index (χ3v) is 7.19. The molecule has 0 N–H and O–H groups in total. The Hall–Kier alpha value is -2.92. The lowest BCUT2D eigenvalue weighted by Crippen LogP contribution is -2.35. The van der Waals surface area contributed by atoms with Crippen LogP contribution in [0.1, 0.15) is 49.8 Å². The normalized spacial score (nSPS) is 14.7. The van der Waals surface area contributed by atoms with Crippen LogP contribution in [0.3, 0.4) is 0 Å². The molecule has 3 aromatic rings. The first-order valence-electron chi connectivity index (χ1n) is 11.8. The number of fused-ring (bicyclic) bond motifs is 1. The molecule has 1 amide bonds. The molecule has 0 fully saturated rings. The van der Waals surface area contributed by atoms with Crippen molar-refractivity contribution in [1.29, 1.82) is 0 Å². The summed E-state index contributed by atoms with van der Waals surface area (Å²) in [7, 11) is 3.31. The van der Waals surface area contributed by atoms with E-state index in [0.717, 1.165) is 36.9 Å². The average molecular weight is 476 g/mol. The summed E-state index contributed by atoms with van der Waals surface area (Å²) < 4.78 is 11.0. The lowest BCUT2D eigenvalue weighted by atomic mass is 9.88. The lowest BCUT2D eigenvalue weighted by molar-refractivity contribution is -0.128. The molecule has 3 aromatic carbocycles. The standard InChI is InChI=1S/C29H33NO3S/c1-20(23-14-9-11-21-10-5-6-12-24(21)23)30(29(31)19-34-4)26-15-8-7-13-25(26)22-16-17-27(32-2)28(18-22)33-3/h5-6,9-12,14,16-18,20H,7-8,13,15,19H2,1-4H3/t20-/m1/s1. The van der Waals surface area contributed by atoms with Gasteiger partial charge in [0.05, 0.1) is 26.0 Å². The summed E-state index contributed by atoms with van der Waals surface area (Å²) in [5.41, 5.74) is 4.64. The van der Waals surface area contributed by atoms with Crippen molar-refractivity contribution in [2.45, 2.75) is 38.6 Å². The average Bonchev–Trinajstić information content (AvgIpc) is 2.88. The van der Waals surface area contributed by atoms with Crippen LogP contribution < -0.4 is 9.47 Å². The number of thioether (sulfide) groups is 1. The fraction of sp³-hybridized carbons (Fsp3) is 0.345. The van der Waals surface area contributed by atoms with Gasteiger partial charge in [0.15, 0.2) is 11.5 Å². The van der Waals surface area contributed by atoms with Gasteiger partial charge in [-0.3, -0.25) is 4.79 Å². The fourth-order valence-corrected chi connectivity index (χ4v) is 5.42. The SMILES string of the molecule is COc1ccc(C2=C(N(C(=O)CSC)[C@H](C)c3cccc4ccccc34)CCCC2)cc1OC. The molecule has 178 valence electrons. The first kappa shape index (κ1) is 24.2. The van der Waals surface area contributed by atoms with E-state index in [1.807, 2.05) is 18.4 Å². The lowest BCUT2D eigenvalue weighted by Gasteiger charge is -2.36. The minimum absolute atomic E-state index is 0.0750. The highest BCUT2D eigenvalue weighted by molar-refractivity contribution is 7.99. The minimum Gasteiger partial charge on any atom is -0.493 e. The Bertz CT molecular complexity index is 1200. The van der Waals surface area contributed by atoms with Crippen LogP contribution in [-0.4, -0.2) is 37.0 Å². The molecular weight excluding hydrogens is 442 g/mol. The van der Waals surface area contributed by atoms with Crippen LogP contribution >= 0.6 is 11.8 Å². The van der Waals surface area contributed by atoms with E-state index in [-0.39, 0.29) is 11.9 Å². The maximum Gasteiger partial charge on any atom is 0.237 e. The number of nitrogens with zero attached hydrogens (tertiary/aromatic N) is 1. The minimum atomic E-state index is -0.0750. The van der Waals surface area contributed by atoms with Gasteiger partial charge in [0.1, 0.15) is 0 Å². The molecule has 4 rings (SSSR count). The number of hydrogen-bond donors (Lipinski definition) is 0. The van der Waals surface area contributed by atoms with E-state index >= 15 is 0 Å². The Kier molecular flexibility index (Phi) is 7.84. The van der Waals surface area contributed by atoms with Gasteiger partial charge in [-0.1, -0.05) is 48.5 Å². The van der Waals surface area contributed by atoms with E-state index in [1.165, 1.54) is 21.9 Å². The Morgan fingerprint density at radius 2 is 1.71 bits per heavy atom. The van der Waals surface area contributed by atoms with Gasteiger partial charge in [-0.2, -0.15) is 11.8 Å². The molecule has 1 atom stereocenters. The van der Waals surface area contributed by atoms with Gasteiger partial charge in [0.2, 0.25) is 5.91 Å². The Balaban J connectivity index is 1.86. The highest BCUT2D eigenvalue weighted by Gasteiger charge is 2.30. The second kappa shape index (κ2) is 11.0. The Morgan fingerprint density at radius 3 is 2.47 bits per heavy atom. The van der Waals surface area contributed by atoms with Crippen LogP contribution in [0.15, 0.2) is 66.4 Å². The van der Waals surface area contributed by atoms with Gasteiger partial charge < -0.3 is 14.4 Å². The van der Waals surface area contributed by atoms with Crippen molar-refractivity contribution < 1.29 is 14.3 Å². The number of benzene rings is 3. The summed E-state index contributed by atoms with van der Waals surface area (Å²) >= 11 is 1.58. The molecule has 1 aliphatic rings. The van der Waals surface area contributed by atoms with Crippen LogP contribution in [0, 0.1) is 0 Å². The van der Waals surface area contributed by atoms with Gasteiger partial charge in [0.25, 0.3) is 0 Å². The second-order valence-corrected chi connectivity index (χ2v) is 9.51. The van der Waals surface area contributed by atoms with Crippen molar-refractivity contribution in [3.8, 4) is 11.5 Å². The fourth-order valence-electron chi connectivity index (χ4n) is 5.04. The van der Waals surface area contributed by atoms with Crippen molar-refractivity contribution in [3.05, 3.63) is 77.5 Å². The number of ether oxygens (including phenoxy) is 2. The van der Waals surface area contributed by atoms with Crippen molar-refractivity contribution in [3.63, 3.8) is 0 Å². The summed E-state index contributed by atoms with van der Waals surface area (Å²) in [5, 5.41) is 2.39. The van der Waals surface area contributed by atoms with E-state index in [0.29, 0.717) is 17.3 Å². The van der Waals surface area contributed by atoms with Gasteiger partial charge in [-0.05, 0) is 78.5 Å². The number of amides is 1. The summed E-state index contributed by atoms with van der Waals surface area (Å²) in [4.78, 5) is 15.7. The topological polar surface area (TPSA) is 38.8 Å². The molecule has 4 nitrogen and oxygen atoms in total. The maximum absolute atomic E-state index is 13.6. The highest BCUT2D eigenvalue weighted by atomic mass is 32.2. The molecule has 0 aliphatic heterocycles. The third kappa shape index (κ3) is 4.80.